The Bertz CT molecular complexity index is 936. The maximum Gasteiger partial charge on any atom is 0.261 e. The quantitative estimate of drug-likeness (QED) is 0.834. The number of anilines is 1. The fourth-order valence-electron chi connectivity index (χ4n) is 3.77. The van der Waals surface area contributed by atoms with Gasteiger partial charge in [0.1, 0.15) is 5.00 Å². The van der Waals surface area contributed by atoms with Gasteiger partial charge in [-0.3, -0.25) is 4.79 Å². The molecule has 1 aliphatic heterocycles. The van der Waals surface area contributed by atoms with Gasteiger partial charge in [0.15, 0.2) is 5.82 Å². The Kier molecular flexibility index (Phi) is 3.98. The van der Waals surface area contributed by atoms with E-state index in [4.69, 9.17) is 9.26 Å². The average molecular weight is 385 g/mol. The number of carbonyl (C=O) groups excluding carboxylic acids is 1. The van der Waals surface area contributed by atoms with E-state index in [1.54, 1.807) is 11.3 Å². The maximum atomic E-state index is 12.7. The van der Waals surface area contributed by atoms with Crippen LogP contribution in [0.5, 0.6) is 0 Å². The van der Waals surface area contributed by atoms with E-state index in [0.29, 0.717) is 18.4 Å². The van der Waals surface area contributed by atoms with E-state index < -0.39 is 0 Å². The molecule has 1 amide bonds. The van der Waals surface area contributed by atoms with Crippen molar-refractivity contribution in [3.63, 3.8) is 0 Å². The highest BCUT2D eigenvalue weighted by molar-refractivity contribution is 7.17. The number of rotatable bonds is 4. The van der Waals surface area contributed by atoms with Gasteiger partial charge in [0, 0.05) is 22.8 Å². The standard InChI is InChI=1S/C20H23N3O3S/c1-20(2)9-13-14(10-25-20)27-19(22-17(24)12-5-3-4-6-12)15(13)18-21-16(23-26-18)11-7-8-11/h5,11H,3-4,6-10H2,1-2H3,(H,22,24). The van der Waals surface area contributed by atoms with Crippen LogP contribution < -0.4 is 5.32 Å². The van der Waals surface area contributed by atoms with Crippen LogP contribution in [-0.4, -0.2) is 21.6 Å². The topological polar surface area (TPSA) is 77.3 Å². The van der Waals surface area contributed by atoms with Gasteiger partial charge in [0.2, 0.25) is 0 Å². The second-order valence-corrected chi connectivity index (χ2v) is 9.35. The molecule has 1 saturated carbocycles. The highest BCUT2D eigenvalue weighted by Gasteiger charge is 2.35. The van der Waals surface area contributed by atoms with Crippen LogP contribution in [0.3, 0.4) is 0 Å². The van der Waals surface area contributed by atoms with Crippen LogP contribution in [0.25, 0.3) is 11.5 Å². The molecule has 5 rings (SSSR count). The zero-order valence-corrected chi connectivity index (χ0v) is 16.4. The minimum atomic E-state index is -0.253. The first-order valence-electron chi connectivity index (χ1n) is 9.63. The number of fused-ring (bicyclic) bond motifs is 1. The van der Waals surface area contributed by atoms with E-state index in [0.717, 1.165) is 70.9 Å². The number of thiophene rings is 1. The highest BCUT2D eigenvalue weighted by atomic mass is 32.1. The third kappa shape index (κ3) is 3.23. The molecule has 2 aliphatic carbocycles. The molecule has 1 N–H and O–H groups in total. The summed E-state index contributed by atoms with van der Waals surface area (Å²) in [6.45, 7) is 4.72. The van der Waals surface area contributed by atoms with Gasteiger partial charge in [0.25, 0.3) is 11.8 Å². The Balaban J connectivity index is 1.55. The van der Waals surface area contributed by atoms with Gasteiger partial charge in [-0.15, -0.1) is 11.3 Å². The van der Waals surface area contributed by atoms with Gasteiger partial charge in [-0.2, -0.15) is 4.98 Å². The summed E-state index contributed by atoms with van der Waals surface area (Å²) >= 11 is 1.57. The van der Waals surface area contributed by atoms with Crippen molar-refractivity contribution in [3.8, 4) is 11.5 Å². The van der Waals surface area contributed by atoms with Crippen molar-refractivity contribution in [1.29, 1.82) is 0 Å². The zero-order valence-electron chi connectivity index (χ0n) is 15.6. The molecule has 142 valence electrons. The van der Waals surface area contributed by atoms with Crippen LogP contribution in [0.4, 0.5) is 5.00 Å². The van der Waals surface area contributed by atoms with Crippen molar-refractivity contribution < 1.29 is 14.1 Å². The molecule has 3 aliphatic rings. The molecule has 0 unspecified atom stereocenters. The Hall–Kier alpha value is -1.99. The van der Waals surface area contributed by atoms with Crippen molar-refractivity contribution in [2.75, 3.05) is 5.32 Å². The van der Waals surface area contributed by atoms with E-state index in [2.05, 4.69) is 29.3 Å². The van der Waals surface area contributed by atoms with E-state index in [1.165, 1.54) is 0 Å². The molecule has 2 aromatic rings. The summed E-state index contributed by atoms with van der Waals surface area (Å²) in [4.78, 5) is 18.5. The van der Waals surface area contributed by atoms with E-state index >= 15 is 0 Å². The largest absolute Gasteiger partial charge is 0.370 e. The average Bonchev–Trinajstić information content (AvgIpc) is 3.04. The highest BCUT2D eigenvalue weighted by Crippen LogP contribution is 2.46. The molecule has 27 heavy (non-hydrogen) atoms. The van der Waals surface area contributed by atoms with Gasteiger partial charge in [0.05, 0.1) is 17.8 Å². The number of hydrogen-bond donors (Lipinski definition) is 1. The number of carbonyl (C=O) groups is 1. The molecule has 7 heteroatoms. The number of nitrogens with one attached hydrogen (secondary N) is 1. The number of hydrogen-bond acceptors (Lipinski definition) is 6. The van der Waals surface area contributed by atoms with Gasteiger partial charge >= 0.3 is 0 Å². The second kappa shape index (κ2) is 6.27. The molecular weight excluding hydrogens is 362 g/mol. The minimum Gasteiger partial charge on any atom is -0.370 e. The van der Waals surface area contributed by atoms with Crippen molar-refractivity contribution in [2.24, 2.45) is 0 Å². The summed E-state index contributed by atoms with van der Waals surface area (Å²) in [5, 5.41) is 8.09. The van der Waals surface area contributed by atoms with Crippen molar-refractivity contribution in [3.05, 3.63) is 27.9 Å². The summed E-state index contributed by atoms with van der Waals surface area (Å²) in [6.07, 6.45) is 7.91. The number of aromatic nitrogens is 2. The fourth-order valence-corrected chi connectivity index (χ4v) is 4.89. The van der Waals surface area contributed by atoms with Gasteiger partial charge in [-0.1, -0.05) is 11.2 Å². The predicted molar refractivity (Wildman–Crippen MR) is 103 cm³/mol. The molecule has 0 atom stereocenters. The number of ether oxygens (including phenoxy) is 1. The SMILES string of the molecule is CC1(C)Cc2c(sc(NC(=O)C3=CCCC3)c2-c2nc(C3CC3)no2)CO1. The molecule has 0 aromatic carbocycles. The Labute approximate surface area is 162 Å². The summed E-state index contributed by atoms with van der Waals surface area (Å²) in [7, 11) is 0. The van der Waals surface area contributed by atoms with Gasteiger partial charge < -0.3 is 14.6 Å². The number of allylic oxidation sites excluding steroid dienone is 1. The molecule has 6 nitrogen and oxygen atoms in total. The summed E-state index contributed by atoms with van der Waals surface area (Å²) in [5.41, 5.74) is 2.67. The summed E-state index contributed by atoms with van der Waals surface area (Å²) < 4.78 is 11.6. The third-order valence-corrected chi connectivity index (χ3v) is 6.57. The van der Waals surface area contributed by atoms with Crippen molar-refractivity contribution in [2.45, 2.75) is 70.5 Å². The Morgan fingerprint density at radius 1 is 1.37 bits per heavy atom. The molecule has 1 fully saturated rings. The van der Waals surface area contributed by atoms with Gasteiger partial charge in [-0.05, 0) is 51.5 Å². The van der Waals surface area contributed by atoms with Gasteiger partial charge in [-0.25, -0.2) is 0 Å². The number of nitrogens with zero attached hydrogens (tertiary/aromatic N) is 2. The zero-order chi connectivity index (χ0) is 18.6. The van der Waals surface area contributed by atoms with Crippen LogP contribution in [0, 0.1) is 0 Å². The molecule has 0 radical (unpaired) electrons. The molecule has 2 aromatic heterocycles. The van der Waals surface area contributed by atoms with Crippen molar-refractivity contribution >= 4 is 22.2 Å². The first kappa shape index (κ1) is 17.1. The minimum absolute atomic E-state index is 0.0190. The predicted octanol–water partition coefficient (Wildman–Crippen LogP) is 4.58. The molecule has 0 bridgehead atoms. The van der Waals surface area contributed by atoms with E-state index in [9.17, 15) is 4.79 Å². The lowest BCUT2D eigenvalue weighted by Gasteiger charge is -2.30. The smallest absolute Gasteiger partial charge is 0.261 e. The first-order chi connectivity index (χ1) is 13.0. The fraction of sp³-hybridized carbons (Fsp3) is 0.550. The lowest BCUT2D eigenvalue weighted by Crippen LogP contribution is -2.31. The molecular formula is C20H23N3O3S. The van der Waals surface area contributed by atoms with Crippen LogP contribution >= 0.6 is 11.3 Å². The molecule has 3 heterocycles. The summed E-state index contributed by atoms with van der Waals surface area (Å²) in [6, 6.07) is 0. The monoisotopic (exact) mass is 385 g/mol. The molecule has 0 spiro atoms. The molecule has 0 saturated heterocycles. The van der Waals surface area contributed by atoms with Crippen LogP contribution in [0.15, 0.2) is 16.2 Å². The van der Waals surface area contributed by atoms with Crippen LogP contribution in [0.2, 0.25) is 0 Å². The number of amides is 1. The lowest BCUT2D eigenvalue weighted by atomic mass is 9.93. The Morgan fingerprint density at radius 2 is 2.22 bits per heavy atom. The van der Waals surface area contributed by atoms with Crippen LogP contribution in [-0.2, 0) is 22.6 Å². The lowest BCUT2D eigenvalue weighted by molar-refractivity contribution is -0.112. The van der Waals surface area contributed by atoms with Crippen LogP contribution in [0.1, 0.15) is 68.1 Å². The van der Waals surface area contributed by atoms with Crippen molar-refractivity contribution in [1.82, 2.24) is 10.1 Å². The first-order valence-corrected chi connectivity index (χ1v) is 10.4. The maximum absolute atomic E-state index is 12.7. The second-order valence-electron chi connectivity index (χ2n) is 8.24. The van der Waals surface area contributed by atoms with E-state index in [-0.39, 0.29) is 11.5 Å². The summed E-state index contributed by atoms with van der Waals surface area (Å²) in [5.74, 6) is 1.71. The normalized spacial score (nSPS) is 21.0. The third-order valence-electron chi connectivity index (χ3n) is 5.44. The van der Waals surface area contributed by atoms with E-state index in [1.807, 2.05) is 6.08 Å². The Morgan fingerprint density at radius 3 is 2.96 bits per heavy atom.